The maximum absolute atomic E-state index is 12.5. The number of ether oxygens (including phenoxy) is 1. The van der Waals surface area contributed by atoms with Crippen molar-refractivity contribution in [3.8, 4) is 0 Å². The van der Waals surface area contributed by atoms with Gasteiger partial charge in [-0.25, -0.2) is 0 Å². The van der Waals surface area contributed by atoms with Crippen LogP contribution in [-0.4, -0.2) is 59.8 Å². The van der Waals surface area contributed by atoms with Crippen LogP contribution in [0.15, 0.2) is 29.2 Å². The van der Waals surface area contributed by atoms with E-state index in [1.807, 2.05) is 31.1 Å². The van der Waals surface area contributed by atoms with Crippen molar-refractivity contribution < 1.29 is 14.3 Å². The number of thiocarbonyl (C=S) groups is 1. The number of hydrogen-bond acceptors (Lipinski definition) is 6. The molecule has 8 heteroatoms. The van der Waals surface area contributed by atoms with Crippen LogP contribution in [0.5, 0.6) is 0 Å². The van der Waals surface area contributed by atoms with E-state index >= 15 is 0 Å². The van der Waals surface area contributed by atoms with E-state index in [2.05, 4.69) is 0 Å². The standard InChI is InChI=1S/C18H21ClN2O3S2/c1-20(2)10-11-24-16(22)4-3-9-21-17(23)15(26-18(21)25)12-13-5-7-14(19)8-6-13/h5-8,12H,3-4,9-11H2,1-2H3/b15-12-. The van der Waals surface area contributed by atoms with Crippen molar-refractivity contribution in [2.45, 2.75) is 12.8 Å². The van der Waals surface area contributed by atoms with Gasteiger partial charge in [-0.05, 0) is 44.3 Å². The van der Waals surface area contributed by atoms with Gasteiger partial charge in [0.25, 0.3) is 5.91 Å². The molecule has 0 N–H and O–H groups in total. The molecule has 1 saturated heterocycles. The van der Waals surface area contributed by atoms with Crippen molar-refractivity contribution in [3.63, 3.8) is 0 Å². The maximum atomic E-state index is 12.5. The molecule has 0 aromatic heterocycles. The average molecular weight is 413 g/mol. The molecule has 0 spiro atoms. The van der Waals surface area contributed by atoms with Crippen molar-refractivity contribution in [2.75, 3.05) is 33.8 Å². The first-order valence-corrected chi connectivity index (χ1v) is 9.78. The lowest BCUT2D eigenvalue weighted by Crippen LogP contribution is -2.29. The molecule has 1 amide bonds. The predicted octanol–water partition coefficient (Wildman–Crippen LogP) is 3.43. The van der Waals surface area contributed by atoms with Gasteiger partial charge in [0.15, 0.2) is 0 Å². The van der Waals surface area contributed by atoms with E-state index in [9.17, 15) is 9.59 Å². The molecule has 0 saturated carbocycles. The Morgan fingerprint density at radius 2 is 2.04 bits per heavy atom. The van der Waals surface area contributed by atoms with Gasteiger partial charge >= 0.3 is 5.97 Å². The van der Waals surface area contributed by atoms with Crippen LogP contribution in [0.2, 0.25) is 5.02 Å². The molecule has 0 radical (unpaired) electrons. The molecule has 26 heavy (non-hydrogen) atoms. The minimum atomic E-state index is -0.256. The average Bonchev–Trinajstić information content (AvgIpc) is 2.84. The van der Waals surface area contributed by atoms with Crippen LogP contribution in [0.25, 0.3) is 6.08 Å². The quantitative estimate of drug-likeness (QED) is 0.370. The number of hydrogen-bond donors (Lipinski definition) is 0. The number of esters is 1. The fourth-order valence-corrected chi connectivity index (χ4v) is 3.63. The second kappa shape index (κ2) is 10.1. The van der Waals surface area contributed by atoms with E-state index < -0.39 is 0 Å². The minimum absolute atomic E-state index is 0.129. The third-order valence-electron chi connectivity index (χ3n) is 3.61. The minimum Gasteiger partial charge on any atom is -0.464 e. The third-order valence-corrected chi connectivity index (χ3v) is 5.24. The first-order chi connectivity index (χ1) is 12.4. The van der Waals surface area contributed by atoms with Gasteiger partial charge in [0.05, 0.1) is 4.91 Å². The SMILES string of the molecule is CN(C)CCOC(=O)CCCN1C(=O)/C(=C/c2ccc(Cl)cc2)SC1=S. The summed E-state index contributed by atoms with van der Waals surface area (Å²) < 4.78 is 5.65. The summed E-state index contributed by atoms with van der Waals surface area (Å²) >= 11 is 12.4. The normalized spacial score (nSPS) is 16.0. The van der Waals surface area contributed by atoms with Gasteiger partial charge in [-0.1, -0.05) is 47.7 Å². The summed E-state index contributed by atoms with van der Waals surface area (Å²) in [6.07, 6.45) is 2.58. The Morgan fingerprint density at radius 1 is 1.35 bits per heavy atom. The third kappa shape index (κ3) is 6.39. The Morgan fingerprint density at radius 3 is 2.69 bits per heavy atom. The van der Waals surface area contributed by atoms with Gasteiger partial charge in [0.1, 0.15) is 10.9 Å². The van der Waals surface area contributed by atoms with Gasteiger partial charge in [0.2, 0.25) is 0 Å². The summed E-state index contributed by atoms with van der Waals surface area (Å²) in [4.78, 5) is 28.3. The lowest BCUT2D eigenvalue weighted by Gasteiger charge is -2.14. The number of carbonyl (C=O) groups excluding carboxylic acids is 2. The van der Waals surface area contributed by atoms with Gasteiger partial charge in [-0.15, -0.1) is 0 Å². The highest BCUT2D eigenvalue weighted by atomic mass is 35.5. The molecular formula is C18H21ClN2O3S2. The molecule has 0 atom stereocenters. The van der Waals surface area contributed by atoms with Crippen molar-refractivity contribution in [3.05, 3.63) is 39.8 Å². The zero-order valence-electron chi connectivity index (χ0n) is 14.7. The molecule has 1 heterocycles. The lowest BCUT2D eigenvalue weighted by atomic mass is 10.2. The summed E-state index contributed by atoms with van der Waals surface area (Å²) in [6.45, 7) is 1.47. The Hall–Kier alpha value is -1.41. The molecule has 1 aromatic carbocycles. The number of nitrogens with zero attached hydrogens (tertiary/aromatic N) is 2. The van der Waals surface area contributed by atoms with Crippen LogP contribution in [-0.2, 0) is 14.3 Å². The predicted molar refractivity (Wildman–Crippen MR) is 110 cm³/mol. The monoisotopic (exact) mass is 412 g/mol. The summed E-state index contributed by atoms with van der Waals surface area (Å²) in [5.41, 5.74) is 0.888. The van der Waals surface area contributed by atoms with Gasteiger partial charge in [0, 0.05) is 24.5 Å². The molecule has 140 valence electrons. The van der Waals surface area contributed by atoms with E-state index in [0.717, 1.165) is 5.56 Å². The van der Waals surface area contributed by atoms with Crippen LogP contribution in [0.1, 0.15) is 18.4 Å². The number of benzene rings is 1. The smallest absolute Gasteiger partial charge is 0.305 e. The van der Waals surface area contributed by atoms with Gasteiger partial charge < -0.3 is 9.64 Å². The molecule has 1 fully saturated rings. The van der Waals surface area contributed by atoms with Crippen LogP contribution in [0.4, 0.5) is 0 Å². The van der Waals surface area contributed by atoms with E-state index in [0.29, 0.717) is 40.4 Å². The fraction of sp³-hybridized carbons (Fsp3) is 0.389. The molecule has 1 aromatic rings. The molecule has 0 unspecified atom stereocenters. The van der Waals surface area contributed by atoms with Gasteiger partial charge in [-0.3, -0.25) is 14.5 Å². The highest BCUT2D eigenvalue weighted by molar-refractivity contribution is 8.26. The Kier molecular flexibility index (Phi) is 8.09. The Balaban J connectivity index is 1.83. The zero-order chi connectivity index (χ0) is 19.1. The molecule has 1 aliphatic rings. The van der Waals surface area contributed by atoms with Crippen LogP contribution in [0.3, 0.4) is 0 Å². The number of rotatable bonds is 8. The largest absolute Gasteiger partial charge is 0.464 e. The molecule has 2 rings (SSSR count). The number of halogens is 1. The highest BCUT2D eigenvalue weighted by Crippen LogP contribution is 2.32. The maximum Gasteiger partial charge on any atom is 0.305 e. The second-order valence-corrected chi connectivity index (χ2v) is 8.12. The summed E-state index contributed by atoms with van der Waals surface area (Å²) in [7, 11) is 3.83. The molecule has 0 aliphatic carbocycles. The van der Waals surface area contributed by atoms with Crippen molar-refractivity contribution in [1.29, 1.82) is 0 Å². The second-order valence-electron chi connectivity index (χ2n) is 6.01. The topological polar surface area (TPSA) is 49.9 Å². The number of thioether (sulfide) groups is 1. The van der Waals surface area contributed by atoms with Crippen LogP contribution < -0.4 is 0 Å². The summed E-state index contributed by atoms with van der Waals surface area (Å²) in [5.74, 6) is -0.384. The number of amides is 1. The zero-order valence-corrected chi connectivity index (χ0v) is 17.1. The fourth-order valence-electron chi connectivity index (χ4n) is 2.20. The van der Waals surface area contributed by atoms with Gasteiger partial charge in [-0.2, -0.15) is 0 Å². The van der Waals surface area contributed by atoms with E-state index in [1.165, 1.54) is 16.7 Å². The molecule has 5 nitrogen and oxygen atoms in total. The van der Waals surface area contributed by atoms with Crippen molar-refractivity contribution in [2.24, 2.45) is 0 Å². The highest BCUT2D eigenvalue weighted by Gasteiger charge is 2.31. The summed E-state index contributed by atoms with van der Waals surface area (Å²) in [6, 6.07) is 7.24. The first kappa shape index (κ1) is 20.9. The lowest BCUT2D eigenvalue weighted by molar-refractivity contribution is -0.144. The number of likely N-dealkylation sites (N-methyl/N-ethyl adjacent to an activating group) is 1. The first-order valence-electron chi connectivity index (χ1n) is 8.18. The Bertz CT molecular complexity index is 705. The van der Waals surface area contributed by atoms with E-state index in [-0.39, 0.29) is 18.3 Å². The van der Waals surface area contributed by atoms with E-state index in [1.54, 1.807) is 18.2 Å². The van der Waals surface area contributed by atoms with Crippen molar-refractivity contribution >= 4 is 57.9 Å². The molecular weight excluding hydrogens is 392 g/mol. The van der Waals surface area contributed by atoms with E-state index in [4.69, 9.17) is 28.6 Å². The molecule has 1 aliphatic heterocycles. The van der Waals surface area contributed by atoms with Crippen molar-refractivity contribution in [1.82, 2.24) is 9.80 Å². The summed E-state index contributed by atoms with van der Waals surface area (Å²) in [5, 5.41) is 0.646. The van der Waals surface area contributed by atoms with Crippen LogP contribution in [0, 0.1) is 0 Å². The molecule has 0 bridgehead atoms. The van der Waals surface area contributed by atoms with Crippen LogP contribution >= 0.6 is 35.6 Å². The number of carbonyl (C=O) groups is 2. The Labute approximate surface area is 168 Å².